The number of thiazole rings is 1. The van der Waals surface area contributed by atoms with Crippen molar-refractivity contribution in [2.24, 2.45) is 5.92 Å². The van der Waals surface area contributed by atoms with Crippen LogP contribution in [0.3, 0.4) is 0 Å². The third-order valence-electron chi connectivity index (χ3n) is 4.66. The van der Waals surface area contributed by atoms with E-state index in [9.17, 15) is 4.79 Å². The Morgan fingerprint density at radius 1 is 1.29 bits per heavy atom. The van der Waals surface area contributed by atoms with Crippen molar-refractivity contribution in [2.45, 2.75) is 22.8 Å². The molecular formula is C19H17N5O2S2. The molecular weight excluding hydrogens is 394 g/mol. The second-order valence-electron chi connectivity index (χ2n) is 6.51. The van der Waals surface area contributed by atoms with Crippen LogP contribution >= 0.6 is 23.1 Å². The van der Waals surface area contributed by atoms with Gasteiger partial charge in [0, 0.05) is 36.4 Å². The molecule has 0 spiro atoms. The van der Waals surface area contributed by atoms with Crippen molar-refractivity contribution in [1.29, 1.82) is 0 Å². The van der Waals surface area contributed by atoms with Crippen LogP contribution in [0.2, 0.25) is 0 Å². The number of rotatable bonds is 4. The van der Waals surface area contributed by atoms with Crippen molar-refractivity contribution in [3.63, 3.8) is 0 Å². The lowest BCUT2D eigenvalue weighted by Crippen LogP contribution is -2.28. The lowest BCUT2D eigenvalue weighted by atomic mass is 10.00. The van der Waals surface area contributed by atoms with Gasteiger partial charge in [-0.25, -0.2) is 15.0 Å². The van der Waals surface area contributed by atoms with Gasteiger partial charge in [-0.2, -0.15) is 0 Å². The van der Waals surface area contributed by atoms with E-state index in [0.717, 1.165) is 33.0 Å². The Bertz CT molecular complexity index is 1150. The van der Waals surface area contributed by atoms with Crippen LogP contribution in [0.1, 0.15) is 12.8 Å². The lowest BCUT2D eigenvalue weighted by molar-refractivity contribution is -0.122. The zero-order valence-corrected chi connectivity index (χ0v) is 16.5. The van der Waals surface area contributed by atoms with Crippen molar-refractivity contribution in [1.82, 2.24) is 19.4 Å². The molecule has 0 aliphatic carbocycles. The third kappa shape index (κ3) is 3.48. The van der Waals surface area contributed by atoms with Gasteiger partial charge in [0.05, 0.1) is 16.4 Å². The maximum absolute atomic E-state index is 12.4. The Morgan fingerprint density at radius 3 is 3.07 bits per heavy atom. The van der Waals surface area contributed by atoms with Crippen LogP contribution < -0.4 is 5.32 Å². The quantitative estimate of drug-likeness (QED) is 0.549. The molecule has 4 aromatic rings. The minimum absolute atomic E-state index is 0.00985. The number of hydrogen-bond acceptors (Lipinski definition) is 7. The van der Waals surface area contributed by atoms with Gasteiger partial charge in [0.2, 0.25) is 11.7 Å². The summed E-state index contributed by atoms with van der Waals surface area (Å²) < 4.78 is 8.33. The first kappa shape index (κ1) is 17.6. The molecule has 9 heteroatoms. The number of fused-ring (bicyclic) bond motifs is 2. The van der Waals surface area contributed by atoms with Crippen LogP contribution in [0.5, 0.6) is 0 Å². The van der Waals surface area contributed by atoms with E-state index in [4.69, 9.17) is 4.74 Å². The number of nitrogens with zero attached hydrogens (tertiary/aromatic N) is 4. The molecule has 1 aliphatic rings. The molecule has 4 heterocycles. The lowest BCUT2D eigenvalue weighted by Gasteiger charge is -2.20. The van der Waals surface area contributed by atoms with Crippen molar-refractivity contribution < 1.29 is 9.53 Å². The highest BCUT2D eigenvalue weighted by atomic mass is 32.2. The highest BCUT2D eigenvalue weighted by Crippen LogP contribution is 2.34. The predicted molar refractivity (Wildman–Crippen MR) is 109 cm³/mol. The van der Waals surface area contributed by atoms with E-state index in [0.29, 0.717) is 24.1 Å². The molecule has 3 aromatic heterocycles. The number of hydrogen-bond donors (Lipinski definition) is 1. The molecule has 7 nitrogen and oxygen atoms in total. The molecule has 28 heavy (non-hydrogen) atoms. The van der Waals surface area contributed by atoms with E-state index in [1.165, 1.54) is 11.3 Å². The summed E-state index contributed by atoms with van der Waals surface area (Å²) in [6.45, 7) is 1.30. The van der Waals surface area contributed by atoms with Crippen LogP contribution in [0, 0.1) is 5.92 Å². The summed E-state index contributed by atoms with van der Waals surface area (Å²) in [5, 5.41) is 4.62. The molecule has 1 fully saturated rings. The molecule has 1 saturated heterocycles. The number of carbonyl (C=O) groups excluding carboxylic acids is 1. The standard InChI is InChI=1S/C19H17N5O2S2/c25-17(12-4-8-26-9-5-12)23-19-22-14-3-2-13(10-15(14)28-19)27-16-11-21-18-20-6-1-7-24(16)18/h1-3,6-7,10-12H,4-5,8-9H2,(H,22,23,25). The number of nitrogens with one attached hydrogen (secondary N) is 1. The fraction of sp³-hybridized carbons (Fsp3) is 0.263. The summed E-state index contributed by atoms with van der Waals surface area (Å²) in [7, 11) is 0. The smallest absolute Gasteiger partial charge is 0.234 e. The number of aromatic nitrogens is 4. The van der Waals surface area contributed by atoms with Crippen LogP contribution in [-0.4, -0.2) is 38.5 Å². The number of carbonyl (C=O) groups is 1. The average Bonchev–Trinajstić information content (AvgIpc) is 3.32. The maximum Gasteiger partial charge on any atom is 0.234 e. The van der Waals surface area contributed by atoms with Gasteiger partial charge >= 0.3 is 0 Å². The number of anilines is 1. The number of imidazole rings is 1. The molecule has 0 bridgehead atoms. The van der Waals surface area contributed by atoms with Crippen LogP contribution in [-0.2, 0) is 9.53 Å². The molecule has 1 amide bonds. The summed E-state index contributed by atoms with van der Waals surface area (Å²) in [6.07, 6.45) is 7.05. The Kier molecular flexibility index (Phi) is 4.71. The minimum Gasteiger partial charge on any atom is -0.381 e. The molecule has 142 valence electrons. The van der Waals surface area contributed by atoms with Gasteiger partial charge in [-0.1, -0.05) is 23.1 Å². The van der Waals surface area contributed by atoms with Crippen molar-refractivity contribution >= 4 is 50.1 Å². The minimum atomic E-state index is 0.00985. The van der Waals surface area contributed by atoms with Gasteiger partial charge in [-0.05, 0) is 37.1 Å². The predicted octanol–water partition coefficient (Wildman–Crippen LogP) is 3.86. The first-order valence-electron chi connectivity index (χ1n) is 9.01. The first-order valence-corrected chi connectivity index (χ1v) is 10.6. The number of amides is 1. The second-order valence-corrected chi connectivity index (χ2v) is 8.64. The summed E-state index contributed by atoms with van der Waals surface area (Å²) in [5.74, 6) is 0.729. The van der Waals surface area contributed by atoms with E-state index < -0.39 is 0 Å². The largest absolute Gasteiger partial charge is 0.381 e. The van der Waals surface area contributed by atoms with E-state index in [-0.39, 0.29) is 11.8 Å². The van der Waals surface area contributed by atoms with Gasteiger partial charge in [0.1, 0.15) is 5.03 Å². The van der Waals surface area contributed by atoms with Gasteiger partial charge in [-0.15, -0.1) is 0 Å². The van der Waals surface area contributed by atoms with Crippen molar-refractivity contribution in [3.05, 3.63) is 42.9 Å². The van der Waals surface area contributed by atoms with Gasteiger partial charge in [0.25, 0.3) is 0 Å². The Balaban J connectivity index is 1.35. The van der Waals surface area contributed by atoms with E-state index >= 15 is 0 Å². The van der Waals surface area contributed by atoms with Gasteiger partial charge in [-0.3, -0.25) is 9.20 Å². The van der Waals surface area contributed by atoms with Gasteiger partial charge in [0.15, 0.2) is 5.13 Å². The Labute approximate surface area is 169 Å². The average molecular weight is 412 g/mol. The molecule has 1 aromatic carbocycles. The monoisotopic (exact) mass is 411 g/mol. The van der Waals surface area contributed by atoms with Gasteiger partial charge < -0.3 is 10.1 Å². The summed E-state index contributed by atoms with van der Waals surface area (Å²) in [5.41, 5.74) is 0.886. The first-order chi connectivity index (χ1) is 13.8. The normalized spacial score (nSPS) is 15.3. The molecule has 1 aliphatic heterocycles. The van der Waals surface area contributed by atoms with Crippen molar-refractivity contribution in [3.8, 4) is 0 Å². The van der Waals surface area contributed by atoms with E-state index in [1.807, 2.05) is 35.0 Å². The summed E-state index contributed by atoms with van der Waals surface area (Å²) >= 11 is 3.12. The van der Waals surface area contributed by atoms with Crippen molar-refractivity contribution in [2.75, 3.05) is 18.5 Å². The molecule has 0 radical (unpaired) electrons. The highest BCUT2D eigenvalue weighted by Gasteiger charge is 2.22. The summed E-state index contributed by atoms with van der Waals surface area (Å²) in [6, 6.07) is 8.00. The number of ether oxygens (including phenoxy) is 1. The van der Waals surface area contributed by atoms with E-state index in [1.54, 1.807) is 18.0 Å². The Hall–Kier alpha value is -2.49. The summed E-state index contributed by atoms with van der Waals surface area (Å²) in [4.78, 5) is 26.6. The maximum atomic E-state index is 12.4. The molecule has 5 rings (SSSR count). The molecule has 0 atom stereocenters. The second kappa shape index (κ2) is 7.50. The topological polar surface area (TPSA) is 81.4 Å². The fourth-order valence-electron chi connectivity index (χ4n) is 3.19. The zero-order valence-electron chi connectivity index (χ0n) is 14.9. The molecule has 0 saturated carbocycles. The van der Waals surface area contributed by atoms with Crippen LogP contribution in [0.15, 0.2) is 52.8 Å². The molecule has 0 unspecified atom stereocenters. The fourth-order valence-corrected chi connectivity index (χ4v) is 5.07. The van der Waals surface area contributed by atoms with Crippen LogP contribution in [0.4, 0.5) is 5.13 Å². The number of benzene rings is 1. The zero-order chi connectivity index (χ0) is 18.9. The Morgan fingerprint density at radius 2 is 2.18 bits per heavy atom. The van der Waals surface area contributed by atoms with Crippen LogP contribution in [0.25, 0.3) is 16.0 Å². The van der Waals surface area contributed by atoms with E-state index in [2.05, 4.69) is 26.3 Å². The SMILES string of the molecule is O=C(Nc1nc2ccc(Sc3cnc4ncccn34)cc2s1)C1CCOCC1. The highest BCUT2D eigenvalue weighted by molar-refractivity contribution is 7.99. The third-order valence-corrected chi connectivity index (χ3v) is 6.59. The molecule has 1 N–H and O–H groups in total.